The van der Waals surface area contributed by atoms with Gasteiger partial charge in [-0.3, -0.25) is 0 Å². The Kier molecular flexibility index (Phi) is 9.19. The second-order valence-electron chi connectivity index (χ2n) is 8.31. The van der Waals surface area contributed by atoms with E-state index in [0.29, 0.717) is 0 Å². The average Bonchev–Trinajstić information content (AvgIpc) is 3.24. The third-order valence-electron chi connectivity index (χ3n) is 5.59. The van der Waals surface area contributed by atoms with Crippen molar-refractivity contribution in [2.24, 2.45) is 0 Å². The van der Waals surface area contributed by atoms with Crippen molar-refractivity contribution in [3.05, 3.63) is 76.9 Å². The Bertz CT molecular complexity index is 921. The molecule has 152 valence electrons. The molecule has 0 aliphatic heterocycles. The number of nitrogens with zero attached hydrogens (tertiary/aromatic N) is 1. The van der Waals surface area contributed by atoms with Crippen LogP contribution in [0.5, 0.6) is 0 Å². The summed E-state index contributed by atoms with van der Waals surface area (Å²) in [4.78, 5) is 2.28. The van der Waals surface area contributed by atoms with Crippen molar-refractivity contribution in [3.8, 4) is 11.1 Å². The van der Waals surface area contributed by atoms with Crippen molar-refractivity contribution >= 4 is 11.5 Å². The number of hydrogen-bond acceptors (Lipinski definition) is 1. The monoisotopic (exact) mass is 519 g/mol. The van der Waals surface area contributed by atoms with Crippen molar-refractivity contribution in [1.82, 2.24) is 4.90 Å². The van der Waals surface area contributed by atoms with Gasteiger partial charge in [0.05, 0.1) is 0 Å². The van der Waals surface area contributed by atoms with Gasteiger partial charge < -0.3 is 24.8 Å². The van der Waals surface area contributed by atoms with Gasteiger partial charge in [0.1, 0.15) is 0 Å². The zero-order chi connectivity index (χ0) is 19.0. The van der Waals surface area contributed by atoms with E-state index in [-0.39, 0.29) is 24.8 Å². The predicted octanol–water partition coefficient (Wildman–Crippen LogP) is -0.504. The fourth-order valence-corrected chi connectivity index (χ4v) is 14.2. The van der Waals surface area contributed by atoms with Crippen LogP contribution in [0.2, 0.25) is 13.1 Å². The van der Waals surface area contributed by atoms with E-state index in [0.717, 1.165) is 23.0 Å². The number of fused-ring (bicyclic) bond motifs is 3. The minimum atomic E-state index is -0.499. The molecule has 1 unspecified atom stereocenters. The number of allylic oxidation sites excluding steroid dienone is 3. The molecule has 29 heavy (non-hydrogen) atoms. The normalized spacial score (nSPS) is 16.4. The van der Waals surface area contributed by atoms with E-state index < -0.39 is 28.3 Å². The second-order valence-corrected chi connectivity index (χ2v) is 23.3. The van der Waals surface area contributed by atoms with Crippen LogP contribution in [-0.4, -0.2) is 31.5 Å². The third-order valence-corrected chi connectivity index (χ3v) is 15.4. The van der Waals surface area contributed by atoms with Crippen LogP contribution in [-0.2, 0) is 22.4 Å². The molecule has 2 aliphatic carbocycles. The quantitative estimate of drug-likeness (QED) is 0.464. The first-order valence-corrected chi connectivity index (χ1v) is 18.6. The minimum Gasteiger partial charge on any atom is -1.00 e. The average molecular weight is 522 g/mol. The molecule has 0 bridgehead atoms. The molecule has 0 saturated heterocycles. The van der Waals surface area contributed by atoms with Gasteiger partial charge in [0.15, 0.2) is 0 Å². The van der Waals surface area contributed by atoms with Crippen LogP contribution in [0.25, 0.3) is 16.7 Å². The molecule has 2 aromatic carbocycles. The van der Waals surface area contributed by atoms with E-state index >= 15 is 0 Å². The maximum absolute atomic E-state index is 2.56. The smallest absolute Gasteiger partial charge is 1.00 e. The number of benzene rings is 2. The molecular formula is C24H29Cl2NSiZr. The van der Waals surface area contributed by atoms with Crippen LogP contribution >= 0.6 is 0 Å². The molecule has 0 heterocycles. The molecule has 0 spiro atoms. The van der Waals surface area contributed by atoms with Crippen LogP contribution in [0.4, 0.5) is 0 Å². The van der Waals surface area contributed by atoms with Crippen LogP contribution < -0.4 is 24.8 Å². The largest absolute Gasteiger partial charge is 1.00 e. The number of halogens is 2. The summed E-state index contributed by atoms with van der Waals surface area (Å²) in [5, 5.41) is 0. The Morgan fingerprint density at radius 2 is 1.66 bits per heavy atom. The Balaban J connectivity index is 0.00000150. The van der Waals surface area contributed by atoms with Gasteiger partial charge in [-0.25, -0.2) is 0 Å². The van der Waals surface area contributed by atoms with Gasteiger partial charge in [-0.15, -0.1) is 0 Å². The van der Waals surface area contributed by atoms with E-state index in [2.05, 4.69) is 86.7 Å². The van der Waals surface area contributed by atoms with Crippen molar-refractivity contribution in [3.63, 3.8) is 0 Å². The van der Waals surface area contributed by atoms with E-state index in [1.807, 2.05) is 0 Å². The topological polar surface area (TPSA) is 3.24 Å². The zero-order valence-corrected chi connectivity index (χ0v) is 22.8. The summed E-state index contributed by atoms with van der Waals surface area (Å²) in [6.45, 7) is 6.25. The zero-order valence-electron chi connectivity index (χ0n) is 17.7. The van der Waals surface area contributed by atoms with Gasteiger partial charge in [0, 0.05) is 0 Å². The molecule has 5 heteroatoms. The van der Waals surface area contributed by atoms with E-state index in [4.69, 9.17) is 0 Å². The summed E-state index contributed by atoms with van der Waals surface area (Å²) in [6.07, 6.45) is 7.20. The fraction of sp³-hybridized carbons (Fsp3) is 0.333. The molecule has 2 aromatic rings. The molecular weight excluding hydrogens is 492 g/mol. The molecule has 0 fully saturated rings. The van der Waals surface area contributed by atoms with Crippen LogP contribution in [0.1, 0.15) is 33.2 Å². The molecule has 1 nitrogen and oxygen atoms in total. The first kappa shape index (κ1) is 24.8. The predicted molar refractivity (Wildman–Crippen MR) is 116 cm³/mol. The molecule has 1 atom stereocenters. The first-order valence-electron chi connectivity index (χ1n) is 10.1. The summed E-state index contributed by atoms with van der Waals surface area (Å²) in [6, 6.07) is 16.3. The van der Waals surface area contributed by atoms with Gasteiger partial charge in [0.2, 0.25) is 0 Å². The molecule has 0 N–H and O–H groups in total. The molecule has 2 aliphatic rings. The van der Waals surface area contributed by atoms with Gasteiger partial charge >= 0.3 is 177 Å². The summed E-state index contributed by atoms with van der Waals surface area (Å²) in [5.74, 6) is -0.499. The maximum Gasteiger partial charge on any atom is -1.00 e. The number of rotatable bonds is 6. The number of hydrogen-bond donors (Lipinski definition) is 0. The van der Waals surface area contributed by atoms with Gasteiger partial charge in [-0.05, 0) is 0 Å². The van der Waals surface area contributed by atoms with Crippen molar-refractivity contribution < 1.29 is 47.2 Å². The standard InChI is InChI=1S/C22H22N.C2H7Si.2ClH.Zr/c1-23(2)13-12-16-10-11-18(14-16)20-8-5-9-21-19-7-4-3-6-17(19)15-22(20)21;1-3-2;;;/h3-10,14-15H,11-13H2,1-2H3;3H,1-2H3;2*1H;/q;;;;+2/p-2. The van der Waals surface area contributed by atoms with Crippen LogP contribution in [0, 0.1) is 0 Å². The van der Waals surface area contributed by atoms with Gasteiger partial charge in [-0.1, -0.05) is 0 Å². The van der Waals surface area contributed by atoms with Crippen molar-refractivity contribution in [2.75, 3.05) is 20.6 Å². The van der Waals surface area contributed by atoms with Crippen molar-refractivity contribution in [2.45, 2.75) is 29.6 Å². The molecule has 0 aromatic heterocycles. The molecule has 0 radical (unpaired) electrons. The summed E-state index contributed by atoms with van der Waals surface area (Å²) >= 11 is -0.412. The SMILES string of the molecule is CN(C)CCC1=CCC(c2cccc3c2[CH]([Zr+2][SiH](C)C)c2ccccc2-3)=C1.[Cl-].[Cl-]. The van der Waals surface area contributed by atoms with Crippen molar-refractivity contribution in [1.29, 1.82) is 0 Å². The van der Waals surface area contributed by atoms with Crippen LogP contribution in [0.15, 0.2) is 60.2 Å². The Hall–Kier alpha value is -0.440. The Morgan fingerprint density at radius 3 is 2.38 bits per heavy atom. The van der Waals surface area contributed by atoms with Gasteiger partial charge in [0.25, 0.3) is 0 Å². The fourth-order valence-electron chi connectivity index (χ4n) is 4.34. The van der Waals surface area contributed by atoms with E-state index in [1.165, 1.54) is 16.7 Å². The Morgan fingerprint density at radius 1 is 0.966 bits per heavy atom. The maximum atomic E-state index is 2.56. The molecule has 0 amide bonds. The summed E-state index contributed by atoms with van der Waals surface area (Å²) in [5.41, 5.74) is 10.9. The van der Waals surface area contributed by atoms with Crippen LogP contribution in [0.3, 0.4) is 0 Å². The molecule has 4 rings (SSSR count). The third kappa shape index (κ3) is 5.25. The molecule has 0 saturated carbocycles. The second kappa shape index (κ2) is 10.7. The minimum absolute atomic E-state index is 0. The first-order chi connectivity index (χ1) is 13.0. The van der Waals surface area contributed by atoms with E-state index in [1.54, 1.807) is 22.3 Å². The van der Waals surface area contributed by atoms with Gasteiger partial charge in [-0.2, -0.15) is 0 Å². The summed E-state index contributed by atoms with van der Waals surface area (Å²) < 4.78 is 0.759. The summed E-state index contributed by atoms with van der Waals surface area (Å²) in [7, 11) is 4.32. The Labute approximate surface area is 200 Å². The van der Waals surface area contributed by atoms with E-state index in [9.17, 15) is 0 Å².